The van der Waals surface area contributed by atoms with E-state index in [9.17, 15) is 18.0 Å². The number of aliphatic hydroxyl groups excluding tert-OH is 1. The summed E-state index contributed by atoms with van der Waals surface area (Å²) in [5.41, 5.74) is 0. The first-order valence-electron chi connectivity index (χ1n) is 4.45. The molecule has 0 saturated heterocycles. The van der Waals surface area contributed by atoms with Crippen LogP contribution in [0.25, 0.3) is 0 Å². The number of aliphatic carboxylic acids is 1. The van der Waals surface area contributed by atoms with Gasteiger partial charge in [0.05, 0.1) is 6.61 Å². The van der Waals surface area contributed by atoms with E-state index in [0.29, 0.717) is 0 Å². The summed E-state index contributed by atoms with van der Waals surface area (Å²) >= 11 is 0. The number of halogens is 3. The van der Waals surface area contributed by atoms with E-state index in [4.69, 9.17) is 10.2 Å². The Hall–Kier alpha value is -0.820. The maximum Gasteiger partial charge on any atom is 0.403 e. The number of nitrogens with zero attached hydrogens (tertiary/aromatic N) is 1. The van der Waals surface area contributed by atoms with E-state index in [1.807, 2.05) is 0 Å². The third-order valence-corrected chi connectivity index (χ3v) is 2.00. The van der Waals surface area contributed by atoms with Gasteiger partial charge in [-0.1, -0.05) is 6.92 Å². The lowest BCUT2D eigenvalue weighted by molar-refractivity contribution is -0.196. The van der Waals surface area contributed by atoms with Crippen molar-refractivity contribution in [2.24, 2.45) is 5.92 Å². The molecule has 7 heteroatoms. The molecule has 0 aromatic heterocycles. The van der Waals surface area contributed by atoms with Gasteiger partial charge in [-0.3, -0.25) is 4.79 Å². The van der Waals surface area contributed by atoms with Gasteiger partial charge in [0.2, 0.25) is 0 Å². The third kappa shape index (κ3) is 4.98. The minimum Gasteiger partial charge on any atom is -0.481 e. The van der Waals surface area contributed by atoms with E-state index in [-0.39, 0.29) is 19.7 Å². The first-order valence-corrected chi connectivity index (χ1v) is 4.45. The van der Waals surface area contributed by atoms with Gasteiger partial charge in [-0.15, -0.1) is 0 Å². The van der Waals surface area contributed by atoms with Crippen LogP contribution < -0.4 is 0 Å². The van der Waals surface area contributed by atoms with Crippen molar-refractivity contribution >= 4 is 5.97 Å². The fourth-order valence-corrected chi connectivity index (χ4v) is 1.10. The second kappa shape index (κ2) is 5.92. The Morgan fingerprint density at radius 1 is 1.47 bits per heavy atom. The lowest BCUT2D eigenvalue weighted by atomic mass is 10.1. The summed E-state index contributed by atoms with van der Waals surface area (Å²) in [6, 6.07) is 0. The largest absolute Gasteiger partial charge is 0.481 e. The molecule has 0 aliphatic rings. The van der Waals surface area contributed by atoms with Crippen LogP contribution >= 0.6 is 0 Å². The molecule has 2 N–H and O–H groups in total. The minimum absolute atomic E-state index is 0.0381. The van der Waals surface area contributed by atoms with Gasteiger partial charge in [-0.25, -0.2) is 0 Å². The van der Waals surface area contributed by atoms with Crippen molar-refractivity contribution in [2.45, 2.75) is 13.1 Å². The number of alkyl halides is 3. The molecule has 90 valence electrons. The number of carboxylic acids is 1. The lowest BCUT2D eigenvalue weighted by Gasteiger charge is -2.24. The second-order valence-electron chi connectivity index (χ2n) is 3.05. The molecule has 0 aliphatic heterocycles. The van der Waals surface area contributed by atoms with Crippen LogP contribution in [0.3, 0.4) is 0 Å². The number of rotatable bonds is 6. The average Bonchev–Trinajstić information content (AvgIpc) is 2.09. The van der Waals surface area contributed by atoms with Gasteiger partial charge < -0.3 is 15.1 Å². The van der Waals surface area contributed by atoms with Gasteiger partial charge in [0.15, 0.2) is 5.92 Å². The zero-order valence-electron chi connectivity index (χ0n) is 8.29. The number of aliphatic hydroxyl groups is 1. The van der Waals surface area contributed by atoms with E-state index in [2.05, 4.69) is 0 Å². The predicted octanol–water partition coefficient (Wildman–Crippen LogP) is 0.564. The smallest absolute Gasteiger partial charge is 0.403 e. The van der Waals surface area contributed by atoms with E-state index < -0.39 is 24.6 Å². The predicted molar refractivity (Wildman–Crippen MR) is 46.4 cm³/mol. The van der Waals surface area contributed by atoms with Crippen LogP contribution in [-0.2, 0) is 4.79 Å². The monoisotopic (exact) mass is 229 g/mol. The Bertz CT molecular complexity index is 208. The van der Waals surface area contributed by atoms with Crippen molar-refractivity contribution in [2.75, 3.05) is 26.2 Å². The number of hydrogen-bond acceptors (Lipinski definition) is 3. The van der Waals surface area contributed by atoms with Crippen LogP contribution in [0.4, 0.5) is 13.2 Å². The van der Waals surface area contributed by atoms with Crippen molar-refractivity contribution in [1.82, 2.24) is 4.90 Å². The Labute approximate surface area is 85.3 Å². The SMILES string of the molecule is CCN(CCO)CC(C(=O)O)C(F)(F)F. The van der Waals surface area contributed by atoms with Crippen molar-refractivity contribution < 1.29 is 28.2 Å². The van der Waals surface area contributed by atoms with E-state index in [1.54, 1.807) is 6.92 Å². The van der Waals surface area contributed by atoms with Crippen molar-refractivity contribution in [3.63, 3.8) is 0 Å². The molecular weight excluding hydrogens is 215 g/mol. The highest BCUT2D eigenvalue weighted by molar-refractivity contribution is 5.71. The highest BCUT2D eigenvalue weighted by Gasteiger charge is 2.45. The fraction of sp³-hybridized carbons (Fsp3) is 0.875. The highest BCUT2D eigenvalue weighted by atomic mass is 19.4. The normalized spacial score (nSPS) is 14.3. The second-order valence-corrected chi connectivity index (χ2v) is 3.05. The Morgan fingerprint density at radius 2 is 2.00 bits per heavy atom. The van der Waals surface area contributed by atoms with Gasteiger partial charge >= 0.3 is 12.1 Å². The topological polar surface area (TPSA) is 60.8 Å². The molecule has 4 nitrogen and oxygen atoms in total. The Balaban J connectivity index is 4.46. The summed E-state index contributed by atoms with van der Waals surface area (Å²) in [6.45, 7) is 0.982. The van der Waals surface area contributed by atoms with E-state index in [1.165, 1.54) is 4.90 Å². The van der Waals surface area contributed by atoms with Crippen molar-refractivity contribution in [3.8, 4) is 0 Å². The van der Waals surface area contributed by atoms with E-state index >= 15 is 0 Å². The third-order valence-electron chi connectivity index (χ3n) is 2.00. The quantitative estimate of drug-likeness (QED) is 0.698. The lowest BCUT2D eigenvalue weighted by Crippen LogP contribution is -2.42. The molecule has 0 aliphatic carbocycles. The van der Waals surface area contributed by atoms with Crippen LogP contribution in [0.5, 0.6) is 0 Å². The standard InChI is InChI=1S/C8H14F3NO3/c1-2-12(3-4-13)5-6(7(14)15)8(9,10)11/h6,13H,2-5H2,1H3,(H,14,15). The number of likely N-dealkylation sites (N-methyl/N-ethyl adjacent to an activating group) is 1. The molecule has 15 heavy (non-hydrogen) atoms. The van der Waals surface area contributed by atoms with Gasteiger partial charge in [0.25, 0.3) is 0 Å². The average molecular weight is 229 g/mol. The van der Waals surface area contributed by atoms with Gasteiger partial charge in [0, 0.05) is 13.1 Å². The maximum absolute atomic E-state index is 12.2. The van der Waals surface area contributed by atoms with Gasteiger partial charge in [-0.2, -0.15) is 13.2 Å². The highest BCUT2D eigenvalue weighted by Crippen LogP contribution is 2.27. The molecular formula is C8H14F3NO3. The molecule has 0 spiro atoms. The summed E-state index contributed by atoms with van der Waals surface area (Å²) < 4.78 is 36.7. The molecule has 1 atom stereocenters. The molecule has 0 radical (unpaired) electrons. The first kappa shape index (κ1) is 14.2. The Kier molecular flexibility index (Phi) is 5.59. The molecule has 0 rings (SSSR count). The molecule has 0 bridgehead atoms. The molecule has 0 heterocycles. The van der Waals surface area contributed by atoms with Crippen LogP contribution in [0.2, 0.25) is 0 Å². The molecule has 0 saturated carbocycles. The Morgan fingerprint density at radius 3 is 2.27 bits per heavy atom. The number of carboxylic acid groups (broad SMARTS) is 1. The van der Waals surface area contributed by atoms with Crippen LogP contribution in [-0.4, -0.2) is 53.5 Å². The minimum atomic E-state index is -4.76. The van der Waals surface area contributed by atoms with Gasteiger partial charge in [-0.05, 0) is 6.54 Å². The summed E-state index contributed by atoms with van der Waals surface area (Å²) in [6.07, 6.45) is -4.76. The molecule has 0 aromatic rings. The molecule has 1 unspecified atom stereocenters. The molecule has 0 amide bonds. The van der Waals surface area contributed by atoms with E-state index in [0.717, 1.165) is 0 Å². The zero-order valence-corrected chi connectivity index (χ0v) is 8.29. The first-order chi connectivity index (χ1) is 6.82. The van der Waals surface area contributed by atoms with Crippen LogP contribution in [0, 0.1) is 5.92 Å². The van der Waals surface area contributed by atoms with Crippen molar-refractivity contribution in [3.05, 3.63) is 0 Å². The maximum atomic E-state index is 12.2. The summed E-state index contributed by atoms with van der Waals surface area (Å²) in [5.74, 6) is -4.29. The zero-order chi connectivity index (χ0) is 12.1. The van der Waals surface area contributed by atoms with Crippen molar-refractivity contribution in [1.29, 1.82) is 0 Å². The summed E-state index contributed by atoms with van der Waals surface area (Å²) in [5, 5.41) is 17.0. The molecule has 0 fully saturated rings. The molecule has 0 aromatic carbocycles. The number of carbonyl (C=O) groups is 1. The fourth-order valence-electron chi connectivity index (χ4n) is 1.10. The number of hydrogen-bond donors (Lipinski definition) is 2. The van der Waals surface area contributed by atoms with Crippen LogP contribution in [0.1, 0.15) is 6.92 Å². The van der Waals surface area contributed by atoms with Gasteiger partial charge in [0.1, 0.15) is 0 Å². The van der Waals surface area contributed by atoms with Crippen LogP contribution in [0.15, 0.2) is 0 Å². The summed E-state index contributed by atoms with van der Waals surface area (Å²) in [7, 11) is 0. The summed E-state index contributed by atoms with van der Waals surface area (Å²) in [4.78, 5) is 11.6.